The molecule has 19 heavy (non-hydrogen) atoms. The quantitative estimate of drug-likeness (QED) is 0.913. The summed E-state index contributed by atoms with van der Waals surface area (Å²) in [7, 11) is 0. The monoisotopic (exact) mass is 314 g/mol. The van der Waals surface area contributed by atoms with Gasteiger partial charge in [-0.3, -0.25) is 0 Å². The molecule has 0 bridgehead atoms. The van der Waals surface area contributed by atoms with Crippen molar-refractivity contribution in [2.75, 3.05) is 17.3 Å². The van der Waals surface area contributed by atoms with E-state index in [1.54, 1.807) is 12.1 Å². The zero-order valence-corrected chi connectivity index (χ0v) is 12.3. The van der Waals surface area contributed by atoms with E-state index in [1.807, 2.05) is 23.5 Å². The molecule has 1 saturated heterocycles. The highest BCUT2D eigenvalue weighted by Crippen LogP contribution is 2.37. The van der Waals surface area contributed by atoms with Crippen LogP contribution in [0.5, 0.6) is 5.75 Å². The van der Waals surface area contributed by atoms with Crippen LogP contribution >= 0.6 is 35.1 Å². The first-order chi connectivity index (χ1) is 9.24. The zero-order chi connectivity index (χ0) is 13.2. The number of phenols is 1. The molecule has 0 amide bonds. The summed E-state index contributed by atoms with van der Waals surface area (Å²) in [6.07, 6.45) is 0. The van der Waals surface area contributed by atoms with Crippen LogP contribution < -0.4 is 0 Å². The van der Waals surface area contributed by atoms with Crippen molar-refractivity contribution in [1.82, 2.24) is 10.1 Å². The van der Waals surface area contributed by atoms with E-state index in [4.69, 9.17) is 16.1 Å². The van der Waals surface area contributed by atoms with Gasteiger partial charge >= 0.3 is 0 Å². The molecule has 1 aromatic carbocycles. The van der Waals surface area contributed by atoms with Crippen LogP contribution in [0, 0.1) is 0 Å². The normalized spacial score (nSPS) is 19.5. The average molecular weight is 315 g/mol. The maximum absolute atomic E-state index is 9.81. The van der Waals surface area contributed by atoms with Crippen LogP contribution in [0.1, 0.15) is 11.1 Å². The third kappa shape index (κ3) is 2.85. The van der Waals surface area contributed by atoms with Crippen LogP contribution in [0.25, 0.3) is 11.5 Å². The first kappa shape index (κ1) is 13.1. The zero-order valence-electron chi connectivity index (χ0n) is 9.88. The molecule has 0 spiro atoms. The number of phenolic OH excluding ortho intramolecular Hbond substituents is 1. The molecule has 1 N–H and O–H groups in total. The van der Waals surface area contributed by atoms with Gasteiger partial charge in [-0.25, -0.2) is 0 Å². The Hall–Kier alpha value is -0.850. The molecule has 1 aromatic heterocycles. The highest BCUT2D eigenvalue weighted by molar-refractivity contribution is 8.06. The maximum atomic E-state index is 9.81. The van der Waals surface area contributed by atoms with Gasteiger partial charge in [-0.1, -0.05) is 16.8 Å². The van der Waals surface area contributed by atoms with Gasteiger partial charge in [-0.15, -0.1) is 11.8 Å². The molecule has 4 nitrogen and oxygen atoms in total. The number of aromatic nitrogens is 2. The van der Waals surface area contributed by atoms with Crippen LogP contribution in [0.4, 0.5) is 0 Å². The van der Waals surface area contributed by atoms with Gasteiger partial charge in [0.05, 0.1) is 10.8 Å². The summed E-state index contributed by atoms with van der Waals surface area (Å²) in [6, 6.07) is 4.76. The Kier molecular flexibility index (Phi) is 3.91. The molecule has 100 valence electrons. The van der Waals surface area contributed by atoms with Gasteiger partial charge in [0, 0.05) is 22.3 Å². The van der Waals surface area contributed by atoms with E-state index in [1.165, 1.54) is 11.8 Å². The number of benzene rings is 1. The smallest absolute Gasteiger partial charge is 0.261 e. The Bertz CT molecular complexity index is 585. The Morgan fingerprint density at radius 2 is 2.26 bits per heavy atom. The van der Waals surface area contributed by atoms with E-state index in [-0.39, 0.29) is 11.0 Å². The summed E-state index contributed by atoms with van der Waals surface area (Å²) in [5.74, 6) is 4.34. The molecule has 1 aliphatic rings. The standard InChI is InChI=1S/C12H11ClN2O2S2/c13-7-1-2-9(16)8(5-7)12-14-11(15-17-12)10-6-18-3-4-19-10/h1-2,5,10,16H,3-4,6H2. The van der Waals surface area contributed by atoms with Crippen LogP contribution in [-0.4, -0.2) is 32.5 Å². The lowest BCUT2D eigenvalue weighted by atomic mass is 10.2. The fourth-order valence-electron chi connectivity index (χ4n) is 1.79. The summed E-state index contributed by atoms with van der Waals surface area (Å²) in [4.78, 5) is 4.38. The summed E-state index contributed by atoms with van der Waals surface area (Å²) in [5, 5.41) is 14.6. The van der Waals surface area contributed by atoms with Crippen LogP contribution in [0.15, 0.2) is 22.7 Å². The lowest BCUT2D eigenvalue weighted by molar-refractivity contribution is 0.418. The summed E-state index contributed by atoms with van der Waals surface area (Å²) in [5.41, 5.74) is 0.472. The number of rotatable bonds is 2. The minimum atomic E-state index is 0.0882. The maximum Gasteiger partial charge on any atom is 0.261 e. The molecule has 1 fully saturated rings. The molecule has 2 heterocycles. The van der Waals surface area contributed by atoms with Gasteiger partial charge in [-0.2, -0.15) is 16.7 Å². The Labute approximate surface area is 123 Å². The van der Waals surface area contributed by atoms with Crippen molar-refractivity contribution in [2.24, 2.45) is 0 Å². The van der Waals surface area contributed by atoms with Gasteiger partial charge in [0.1, 0.15) is 5.75 Å². The summed E-state index contributed by atoms with van der Waals surface area (Å²) >= 11 is 9.65. The molecule has 0 radical (unpaired) electrons. The second-order valence-corrected chi connectivity index (χ2v) is 6.95. The van der Waals surface area contributed by atoms with Gasteiger partial charge in [0.25, 0.3) is 5.89 Å². The third-order valence-electron chi connectivity index (χ3n) is 2.73. The van der Waals surface area contributed by atoms with E-state index in [9.17, 15) is 5.11 Å². The Balaban J connectivity index is 1.89. The van der Waals surface area contributed by atoms with E-state index < -0.39 is 0 Å². The number of aromatic hydroxyl groups is 1. The minimum Gasteiger partial charge on any atom is -0.507 e. The fourth-order valence-corrected chi connectivity index (χ4v) is 4.55. The lowest BCUT2D eigenvalue weighted by Crippen LogP contribution is -2.07. The van der Waals surface area contributed by atoms with Crippen molar-refractivity contribution in [3.63, 3.8) is 0 Å². The number of hydrogen-bond acceptors (Lipinski definition) is 6. The fraction of sp³-hybridized carbons (Fsp3) is 0.333. The van der Waals surface area contributed by atoms with Crippen molar-refractivity contribution in [3.05, 3.63) is 29.0 Å². The van der Waals surface area contributed by atoms with Crippen molar-refractivity contribution < 1.29 is 9.63 Å². The minimum absolute atomic E-state index is 0.0882. The molecule has 1 aliphatic heterocycles. The molecular formula is C12H11ClN2O2S2. The topological polar surface area (TPSA) is 59.2 Å². The Morgan fingerprint density at radius 3 is 3.05 bits per heavy atom. The Morgan fingerprint density at radius 1 is 1.37 bits per heavy atom. The molecule has 3 rings (SSSR count). The summed E-state index contributed by atoms with van der Waals surface area (Å²) in [6.45, 7) is 0. The third-order valence-corrected chi connectivity index (χ3v) is 5.72. The van der Waals surface area contributed by atoms with Gasteiger partial charge in [-0.05, 0) is 18.2 Å². The van der Waals surface area contributed by atoms with Gasteiger partial charge in [0.15, 0.2) is 5.82 Å². The van der Waals surface area contributed by atoms with E-state index in [2.05, 4.69) is 10.1 Å². The molecule has 0 saturated carbocycles. The second-order valence-electron chi connectivity index (χ2n) is 4.05. The number of halogens is 1. The van der Waals surface area contributed by atoms with Crippen molar-refractivity contribution >= 4 is 35.1 Å². The highest BCUT2D eigenvalue weighted by atomic mass is 35.5. The molecular weight excluding hydrogens is 304 g/mol. The first-order valence-corrected chi connectivity index (χ1v) is 8.34. The van der Waals surface area contributed by atoms with Gasteiger partial charge < -0.3 is 9.63 Å². The summed E-state index contributed by atoms with van der Waals surface area (Å²) < 4.78 is 5.24. The van der Waals surface area contributed by atoms with Crippen LogP contribution in [0.2, 0.25) is 5.02 Å². The molecule has 7 heteroatoms. The highest BCUT2D eigenvalue weighted by Gasteiger charge is 2.23. The number of thioether (sulfide) groups is 2. The predicted molar refractivity (Wildman–Crippen MR) is 78.9 cm³/mol. The predicted octanol–water partition coefficient (Wildman–Crippen LogP) is 3.62. The molecule has 1 atom stereocenters. The molecule has 0 aliphatic carbocycles. The molecule has 2 aromatic rings. The average Bonchev–Trinajstić information content (AvgIpc) is 2.92. The number of nitrogens with zero attached hydrogens (tertiary/aromatic N) is 2. The van der Waals surface area contributed by atoms with Crippen molar-refractivity contribution in [2.45, 2.75) is 5.25 Å². The van der Waals surface area contributed by atoms with Crippen LogP contribution in [-0.2, 0) is 0 Å². The van der Waals surface area contributed by atoms with E-state index in [0.29, 0.717) is 22.3 Å². The van der Waals surface area contributed by atoms with Crippen molar-refractivity contribution in [1.29, 1.82) is 0 Å². The number of hydrogen-bond donors (Lipinski definition) is 1. The molecule has 1 unspecified atom stereocenters. The van der Waals surface area contributed by atoms with E-state index >= 15 is 0 Å². The van der Waals surface area contributed by atoms with Crippen LogP contribution in [0.3, 0.4) is 0 Å². The van der Waals surface area contributed by atoms with E-state index in [0.717, 1.165) is 11.5 Å². The first-order valence-electron chi connectivity index (χ1n) is 5.76. The second kappa shape index (κ2) is 5.64. The lowest BCUT2D eigenvalue weighted by Gasteiger charge is -2.16. The largest absolute Gasteiger partial charge is 0.507 e. The van der Waals surface area contributed by atoms with Crippen molar-refractivity contribution in [3.8, 4) is 17.2 Å². The van der Waals surface area contributed by atoms with Gasteiger partial charge in [0.2, 0.25) is 0 Å². The SMILES string of the molecule is Oc1ccc(Cl)cc1-c1nc(C2CSCCS2)no1.